The number of benzene rings is 1. The lowest BCUT2D eigenvalue weighted by atomic mass is 10.1. The Labute approximate surface area is 111 Å². The van der Waals surface area contributed by atoms with E-state index in [-0.39, 0.29) is 17.6 Å². The van der Waals surface area contributed by atoms with Crippen LogP contribution in [0, 0.1) is 10.1 Å². The van der Waals surface area contributed by atoms with E-state index in [0.29, 0.717) is 6.54 Å². The molecule has 1 aliphatic heterocycles. The maximum atomic E-state index is 11.7. The molecule has 6 nitrogen and oxygen atoms in total. The van der Waals surface area contributed by atoms with Gasteiger partial charge in [-0.25, -0.2) is 0 Å². The lowest BCUT2D eigenvalue weighted by Gasteiger charge is -2.15. The number of nitro benzene ring substituents is 1. The van der Waals surface area contributed by atoms with Gasteiger partial charge in [-0.05, 0) is 24.8 Å². The van der Waals surface area contributed by atoms with Crippen molar-refractivity contribution in [3.05, 3.63) is 39.9 Å². The van der Waals surface area contributed by atoms with Gasteiger partial charge in [-0.3, -0.25) is 14.9 Å². The van der Waals surface area contributed by atoms with Gasteiger partial charge in [-0.1, -0.05) is 12.1 Å². The van der Waals surface area contributed by atoms with Crippen molar-refractivity contribution >= 4 is 11.6 Å². The number of rotatable bonds is 4. The summed E-state index contributed by atoms with van der Waals surface area (Å²) in [5, 5.41) is 16.6. The number of carbonyl (C=O) groups is 1. The Morgan fingerprint density at radius 1 is 1.32 bits per heavy atom. The van der Waals surface area contributed by atoms with Crippen LogP contribution in [0.2, 0.25) is 0 Å². The van der Waals surface area contributed by atoms with Crippen molar-refractivity contribution in [2.75, 3.05) is 6.54 Å². The van der Waals surface area contributed by atoms with Crippen molar-refractivity contribution in [2.45, 2.75) is 31.8 Å². The second kappa shape index (κ2) is 6.29. The van der Waals surface area contributed by atoms with Crippen LogP contribution in [-0.4, -0.2) is 23.4 Å². The number of hydrogen-bond donors (Lipinski definition) is 2. The Hall–Kier alpha value is -1.95. The molecule has 1 aliphatic rings. The molecule has 1 heterocycles. The van der Waals surface area contributed by atoms with Crippen LogP contribution in [0.3, 0.4) is 0 Å². The first-order chi connectivity index (χ1) is 9.16. The van der Waals surface area contributed by atoms with Gasteiger partial charge in [0.25, 0.3) is 5.69 Å². The van der Waals surface area contributed by atoms with E-state index in [1.165, 1.54) is 12.1 Å². The Morgan fingerprint density at radius 3 is 2.74 bits per heavy atom. The molecule has 6 heteroatoms. The van der Waals surface area contributed by atoms with Crippen molar-refractivity contribution < 1.29 is 9.72 Å². The monoisotopic (exact) mass is 263 g/mol. The second-order valence-electron chi connectivity index (χ2n) is 4.64. The second-order valence-corrected chi connectivity index (χ2v) is 4.64. The summed E-state index contributed by atoms with van der Waals surface area (Å²) < 4.78 is 0. The molecule has 1 amide bonds. The molecule has 0 aliphatic carbocycles. The third-order valence-corrected chi connectivity index (χ3v) is 3.24. The Morgan fingerprint density at radius 2 is 2.05 bits per heavy atom. The van der Waals surface area contributed by atoms with E-state index >= 15 is 0 Å². The van der Waals surface area contributed by atoms with Gasteiger partial charge in [0.05, 0.1) is 11.0 Å². The zero-order valence-corrected chi connectivity index (χ0v) is 10.6. The molecule has 0 aromatic heterocycles. The number of amides is 1. The van der Waals surface area contributed by atoms with E-state index in [2.05, 4.69) is 10.6 Å². The predicted octanol–water partition coefficient (Wildman–Crippen LogP) is 1.35. The molecule has 2 N–H and O–H groups in total. The van der Waals surface area contributed by atoms with Gasteiger partial charge in [0, 0.05) is 25.2 Å². The fraction of sp³-hybridized carbons (Fsp3) is 0.462. The lowest BCUT2D eigenvalue weighted by Crippen LogP contribution is -2.42. The van der Waals surface area contributed by atoms with E-state index in [9.17, 15) is 14.9 Å². The van der Waals surface area contributed by atoms with Crippen LogP contribution in [0.4, 0.5) is 5.69 Å². The highest BCUT2D eigenvalue weighted by molar-refractivity contribution is 5.81. The summed E-state index contributed by atoms with van der Waals surface area (Å²) >= 11 is 0. The summed E-state index contributed by atoms with van der Waals surface area (Å²) in [5.41, 5.74) is 1.01. The van der Waals surface area contributed by atoms with Crippen molar-refractivity contribution in [3.63, 3.8) is 0 Å². The summed E-state index contributed by atoms with van der Waals surface area (Å²) in [6.07, 6.45) is 2.87. The largest absolute Gasteiger partial charge is 0.355 e. The molecule has 1 aromatic carbocycles. The molecule has 1 saturated heterocycles. The minimum atomic E-state index is -0.421. The first-order valence-corrected chi connectivity index (χ1v) is 6.41. The molecule has 0 saturated carbocycles. The van der Waals surface area contributed by atoms with Gasteiger partial charge >= 0.3 is 0 Å². The maximum absolute atomic E-state index is 11.7. The number of nitrogens with one attached hydrogen (secondary N) is 2. The Kier molecular flexibility index (Phi) is 4.46. The van der Waals surface area contributed by atoms with Crippen LogP contribution in [0.25, 0.3) is 0 Å². The molecule has 0 bridgehead atoms. The highest BCUT2D eigenvalue weighted by Crippen LogP contribution is 2.12. The molecule has 2 rings (SSSR count). The van der Waals surface area contributed by atoms with E-state index < -0.39 is 4.92 Å². The summed E-state index contributed by atoms with van der Waals surface area (Å²) in [5.74, 6) is 0.0411. The van der Waals surface area contributed by atoms with Gasteiger partial charge in [0.1, 0.15) is 0 Å². The standard InChI is InChI=1S/C13H17N3O3/c17-13-12(3-1-2-8-14-13)15-9-10-4-6-11(7-5-10)16(18)19/h4-7,12,15H,1-3,8-9H2,(H,14,17). The minimum absolute atomic E-state index is 0.0411. The third kappa shape index (κ3) is 3.75. The quantitative estimate of drug-likeness (QED) is 0.634. The third-order valence-electron chi connectivity index (χ3n) is 3.24. The van der Waals surface area contributed by atoms with Gasteiger partial charge < -0.3 is 10.6 Å². The van der Waals surface area contributed by atoms with Crippen molar-refractivity contribution in [3.8, 4) is 0 Å². The average molecular weight is 263 g/mol. The summed E-state index contributed by atoms with van der Waals surface area (Å²) in [6, 6.07) is 6.20. The van der Waals surface area contributed by atoms with Crippen LogP contribution >= 0.6 is 0 Å². The molecule has 0 spiro atoms. The van der Waals surface area contributed by atoms with Gasteiger partial charge in [0.15, 0.2) is 0 Å². The minimum Gasteiger partial charge on any atom is -0.355 e. The molecular formula is C13H17N3O3. The van der Waals surface area contributed by atoms with Crippen LogP contribution in [-0.2, 0) is 11.3 Å². The molecule has 1 atom stereocenters. The fourth-order valence-electron chi connectivity index (χ4n) is 2.11. The highest BCUT2D eigenvalue weighted by Gasteiger charge is 2.19. The average Bonchev–Trinajstić information content (AvgIpc) is 2.61. The molecule has 1 fully saturated rings. The summed E-state index contributed by atoms with van der Waals surface area (Å²) in [7, 11) is 0. The van der Waals surface area contributed by atoms with Gasteiger partial charge in [0.2, 0.25) is 5.91 Å². The van der Waals surface area contributed by atoms with Crippen molar-refractivity contribution in [1.82, 2.24) is 10.6 Å². The van der Waals surface area contributed by atoms with Gasteiger partial charge in [-0.2, -0.15) is 0 Å². The van der Waals surface area contributed by atoms with Crippen LogP contribution in [0.15, 0.2) is 24.3 Å². The van der Waals surface area contributed by atoms with Crippen LogP contribution in [0.1, 0.15) is 24.8 Å². The molecule has 19 heavy (non-hydrogen) atoms. The smallest absolute Gasteiger partial charge is 0.269 e. The number of non-ortho nitro benzene ring substituents is 1. The first-order valence-electron chi connectivity index (χ1n) is 6.41. The van der Waals surface area contributed by atoms with E-state index in [4.69, 9.17) is 0 Å². The van der Waals surface area contributed by atoms with Crippen LogP contribution in [0.5, 0.6) is 0 Å². The van der Waals surface area contributed by atoms with E-state index in [1.807, 2.05) is 0 Å². The van der Waals surface area contributed by atoms with Crippen LogP contribution < -0.4 is 10.6 Å². The predicted molar refractivity (Wildman–Crippen MR) is 70.6 cm³/mol. The number of nitrogens with zero attached hydrogens (tertiary/aromatic N) is 1. The fourth-order valence-corrected chi connectivity index (χ4v) is 2.11. The SMILES string of the molecule is O=C1NCCCCC1NCc1ccc([N+](=O)[O-])cc1. The number of hydrogen-bond acceptors (Lipinski definition) is 4. The molecule has 0 radical (unpaired) electrons. The van der Waals surface area contributed by atoms with Crippen molar-refractivity contribution in [2.24, 2.45) is 0 Å². The number of carbonyl (C=O) groups excluding carboxylic acids is 1. The van der Waals surface area contributed by atoms with E-state index in [0.717, 1.165) is 31.4 Å². The topological polar surface area (TPSA) is 84.3 Å². The maximum Gasteiger partial charge on any atom is 0.269 e. The van der Waals surface area contributed by atoms with Gasteiger partial charge in [-0.15, -0.1) is 0 Å². The zero-order chi connectivity index (χ0) is 13.7. The molecule has 102 valence electrons. The molecular weight excluding hydrogens is 246 g/mol. The molecule has 1 aromatic rings. The zero-order valence-electron chi connectivity index (χ0n) is 10.6. The first kappa shape index (κ1) is 13.5. The Bertz CT molecular complexity index is 459. The number of nitro groups is 1. The summed E-state index contributed by atoms with van der Waals surface area (Å²) in [6.45, 7) is 1.28. The molecule has 1 unspecified atom stereocenters. The normalized spacial score (nSPS) is 19.6. The Balaban J connectivity index is 1.90. The van der Waals surface area contributed by atoms with E-state index in [1.54, 1.807) is 12.1 Å². The highest BCUT2D eigenvalue weighted by atomic mass is 16.6. The van der Waals surface area contributed by atoms with Crippen molar-refractivity contribution in [1.29, 1.82) is 0 Å². The lowest BCUT2D eigenvalue weighted by molar-refractivity contribution is -0.384. The summed E-state index contributed by atoms with van der Waals surface area (Å²) in [4.78, 5) is 21.8.